The fourth-order valence-corrected chi connectivity index (χ4v) is 1.96. The van der Waals surface area contributed by atoms with Crippen molar-refractivity contribution in [1.29, 1.82) is 0 Å². The number of hydrogen-bond acceptors (Lipinski definition) is 4. The van der Waals surface area contributed by atoms with Gasteiger partial charge in [0.1, 0.15) is 0 Å². The van der Waals surface area contributed by atoms with E-state index in [1.54, 1.807) is 12.3 Å². The summed E-state index contributed by atoms with van der Waals surface area (Å²) in [6.45, 7) is 8.62. The van der Waals surface area contributed by atoms with Gasteiger partial charge in [0.25, 0.3) is 5.56 Å². The van der Waals surface area contributed by atoms with E-state index in [4.69, 9.17) is 0 Å². The Morgan fingerprint density at radius 1 is 1.39 bits per heavy atom. The van der Waals surface area contributed by atoms with Crippen LogP contribution >= 0.6 is 0 Å². The molecule has 0 amide bonds. The van der Waals surface area contributed by atoms with Gasteiger partial charge < -0.3 is 10.2 Å². The minimum Gasteiger partial charge on any atom is -0.371 e. The first-order chi connectivity index (χ1) is 8.65. The van der Waals surface area contributed by atoms with Gasteiger partial charge in [0.2, 0.25) is 0 Å². The van der Waals surface area contributed by atoms with Crippen molar-refractivity contribution in [2.24, 2.45) is 0 Å². The molecule has 0 radical (unpaired) electrons. The highest BCUT2D eigenvalue weighted by molar-refractivity contribution is 5.42. The van der Waals surface area contributed by atoms with Crippen LogP contribution in [0.25, 0.3) is 0 Å². The third-order valence-electron chi connectivity index (χ3n) is 3.28. The molecule has 0 fully saturated rings. The van der Waals surface area contributed by atoms with Crippen molar-refractivity contribution in [2.45, 2.75) is 39.8 Å². The Morgan fingerprint density at radius 2 is 2.06 bits per heavy atom. The molecule has 18 heavy (non-hydrogen) atoms. The molecule has 0 aliphatic carbocycles. The predicted molar refractivity (Wildman–Crippen MR) is 75.2 cm³/mol. The van der Waals surface area contributed by atoms with Crippen LogP contribution in [-0.4, -0.2) is 36.0 Å². The normalized spacial score (nSPS) is 12.4. The van der Waals surface area contributed by atoms with Crippen LogP contribution in [0.1, 0.15) is 27.2 Å². The summed E-state index contributed by atoms with van der Waals surface area (Å²) in [6.07, 6.45) is 2.75. The van der Waals surface area contributed by atoms with Gasteiger partial charge >= 0.3 is 0 Å². The third kappa shape index (κ3) is 3.57. The van der Waals surface area contributed by atoms with E-state index in [9.17, 15) is 4.79 Å². The molecule has 0 spiro atoms. The minimum atomic E-state index is -0.0342. The second-order valence-corrected chi connectivity index (χ2v) is 4.30. The number of likely N-dealkylation sites (N-methyl/N-ethyl adjacent to an activating group) is 1. The van der Waals surface area contributed by atoms with Crippen molar-refractivity contribution in [3.8, 4) is 0 Å². The Bertz CT molecular complexity index is 408. The summed E-state index contributed by atoms with van der Waals surface area (Å²) in [4.78, 5) is 14.1. The topological polar surface area (TPSA) is 50.2 Å². The average molecular weight is 252 g/mol. The van der Waals surface area contributed by atoms with Crippen molar-refractivity contribution in [3.63, 3.8) is 0 Å². The summed E-state index contributed by atoms with van der Waals surface area (Å²) in [5, 5.41) is 7.43. The quantitative estimate of drug-likeness (QED) is 0.789. The predicted octanol–water partition coefficient (Wildman–Crippen LogP) is 1.09. The molecule has 1 N–H and O–H groups in total. The molecular weight excluding hydrogens is 228 g/mol. The van der Waals surface area contributed by atoms with Gasteiger partial charge in [-0.25, -0.2) is 4.68 Å². The van der Waals surface area contributed by atoms with Gasteiger partial charge in [-0.2, -0.15) is 5.10 Å². The first-order valence-electron chi connectivity index (χ1n) is 6.65. The van der Waals surface area contributed by atoms with Gasteiger partial charge in [-0.1, -0.05) is 6.92 Å². The van der Waals surface area contributed by atoms with E-state index < -0.39 is 0 Å². The summed E-state index contributed by atoms with van der Waals surface area (Å²) in [6, 6.07) is 1.96. The maximum absolute atomic E-state index is 12.0. The summed E-state index contributed by atoms with van der Waals surface area (Å²) in [7, 11) is 1.91. The second-order valence-electron chi connectivity index (χ2n) is 4.30. The molecule has 0 saturated carbocycles. The number of rotatable bonds is 7. The van der Waals surface area contributed by atoms with Crippen LogP contribution in [0, 0.1) is 0 Å². The molecule has 0 aliphatic heterocycles. The van der Waals surface area contributed by atoms with Crippen LogP contribution in [0.3, 0.4) is 0 Å². The maximum Gasteiger partial charge on any atom is 0.268 e. The van der Waals surface area contributed by atoms with Gasteiger partial charge in [0.15, 0.2) is 0 Å². The SMILES string of the molecule is CCC(Cn1ncc(N(CC)CC)cc1=O)NC. The minimum absolute atomic E-state index is 0.0342. The van der Waals surface area contributed by atoms with Crippen molar-refractivity contribution < 1.29 is 0 Å². The van der Waals surface area contributed by atoms with E-state index in [0.717, 1.165) is 25.2 Å². The molecule has 1 rings (SSSR count). The van der Waals surface area contributed by atoms with Gasteiger partial charge in [-0.3, -0.25) is 4.79 Å². The zero-order valence-electron chi connectivity index (χ0n) is 11.8. The smallest absolute Gasteiger partial charge is 0.268 e. The summed E-state index contributed by atoms with van der Waals surface area (Å²) in [5.41, 5.74) is 0.867. The molecule has 0 aromatic carbocycles. The van der Waals surface area contributed by atoms with Crippen LogP contribution in [0.5, 0.6) is 0 Å². The fourth-order valence-electron chi connectivity index (χ4n) is 1.96. The molecule has 1 atom stereocenters. The molecule has 0 saturated heterocycles. The summed E-state index contributed by atoms with van der Waals surface area (Å²) in [5.74, 6) is 0. The van der Waals surface area contributed by atoms with E-state index in [1.165, 1.54) is 4.68 Å². The molecule has 0 bridgehead atoms. The molecule has 0 aliphatic rings. The number of nitrogens with zero attached hydrogens (tertiary/aromatic N) is 3. The van der Waals surface area contributed by atoms with Crippen LogP contribution < -0.4 is 15.8 Å². The zero-order chi connectivity index (χ0) is 13.5. The van der Waals surface area contributed by atoms with Crippen molar-refractivity contribution in [2.75, 3.05) is 25.0 Å². The molecule has 5 heteroatoms. The van der Waals surface area contributed by atoms with Crippen molar-refractivity contribution in [1.82, 2.24) is 15.1 Å². The van der Waals surface area contributed by atoms with E-state index in [-0.39, 0.29) is 11.6 Å². The number of anilines is 1. The average Bonchev–Trinajstić information content (AvgIpc) is 2.39. The maximum atomic E-state index is 12.0. The largest absolute Gasteiger partial charge is 0.371 e. The molecular formula is C13H24N4O. The van der Waals surface area contributed by atoms with Crippen LogP contribution in [0.15, 0.2) is 17.1 Å². The van der Waals surface area contributed by atoms with Crippen molar-refractivity contribution in [3.05, 3.63) is 22.6 Å². The fraction of sp³-hybridized carbons (Fsp3) is 0.692. The lowest BCUT2D eigenvalue weighted by Gasteiger charge is -2.21. The Balaban J connectivity index is 2.89. The van der Waals surface area contributed by atoms with Crippen LogP contribution in [-0.2, 0) is 6.54 Å². The molecule has 1 unspecified atom stereocenters. The van der Waals surface area contributed by atoms with E-state index in [0.29, 0.717) is 6.54 Å². The lowest BCUT2D eigenvalue weighted by atomic mass is 10.2. The molecule has 1 aromatic rings. The Hall–Kier alpha value is -1.36. The number of aromatic nitrogens is 2. The molecule has 5 nitrogen and oxygen atoms in total. The van der Waals surface area contributed by atoms with E-state index in [1.807, 2.05) is 7.05 Å². The molecule has 102 valence electrons. The Morgan fingerprint density at radius 3 is 2.50 bits per heavy atom. The van der Waals surface area contributed by atoms with Crippen LogP contribution in [0.4, 0.5) is 5.69 Å². The standard InChI is InChI=1S/C13H24N4O/c1-5-11(14-4)10-17-13(18)8-12(9-15-17)16(6-2)7-3/h8-9,11,14H,5-7,10H2,1-4H3. The highest BCUT2D eigenvalue weighted by Crippen LogP contribution is 2.08. The van der Waals surface area contributed by atoms with Gasteiger partial charge in [-0.15, -0.1) is 0 Å². The third-order valence-corrected chi connectivity index (χ3v) is 3.28. The van der Waals surface area contributed by atoms with Gasteiger partial charge in [0, 0.05) is 25.2 Å². The molecule has 1 heterocycles. The second kappa shape index (κ2) is 7.16. The Labute approximate surface area is 109 Å². The first kappa shape index (κ1) is 14.7. The van der Waals surface area contributed by atoms with Crippen LogP contribution in [0.2, 0.25) is 0 Å². The summed E-state index contributed by atoms with van der Waals surface area (Å²) < 4.78 is 1.53. The number of hydrogen-bond donors (Lipinski definition) is 1. The van der Waals surface area contributed by atoms with E-state index in [2.05, 4.69) is 36.1 Å². The molecule has 1 aromatic heterocycles. The van der Waals surface area contributed by atoms with Gasteiger partial charge in [0.05, 0.1) is 18.4 Å². The van der Waals surface area contributed by atoms with Crippen molar-refractivity contribution >= 4 is 5.69 Å². The highest BCUT2D eigenvalue weighted by Gasteiger charge is 2.09. The monoisotopic (exact) mass is 252 g/mol. The highest BCUT2D eigenvalue weighted by atomic mass is 16.1. The van der Waals surface area contributed by atoms with Gasteiger partial charge in [-0.05, 0) is 27.3 Å². The zero-order valence-corrected chi connectivity index (χ0v) is 11.8. The lowest BCUT2D eigenvalue weighted by molar-refractivity contribution is 0.429. The van der Waals surface area contributed by atoms with E-state index >= 15 is 0 Å². The summed E-state index contributed by atoms with van der Waals surface area (Å²) >= 11 is 0. The number of nitrogens with one attached hydrogen (secondary N) is 1. The lowest BCUT2D eigenvalue weighted by Crippen LogP contribution is -2.35. The Kier molecular flexibility index (Phi) is 5.85. The first-order valence-corrected chi connectivity index (χ1v) is 6.65.